The maximum atomic E-state index is 5.82. The summed E-state index contributed by atoms with van der Waals surface area (Å²) in [6.45, 7) is 10.9. The number of rotatable bonds is 8. The fraction of sp³-hybridized carbons (Fsp3) is 0.933. The van der Waals surface area contributed by atoms with E-state index in [4.69, 9.17) is 9.47 Å². The van der Waals surface area contributed by atoms with Crippen molar-refractivity contribution in [2.75, 3.05) is 60.1 Å². The van der Waals surface area contributed by atoms with Gasteiger partial charge >= 0.3 is 0 Å². The molecule has 1 aliphatic heterocycles. The van der Waals surface area contributed by atoms with E-state index in [-0.39, 0.29) is 30.1 Å². The topological polar surface area (TPSA) is 58.1 Å². The number of hydrogen-bond acceptors (Lipinski definition) is 4. The van der Waals surface area contributed by atoms with E-state index in [1.807, 2.05) is 0 Å². The van der Waals surface area contributed by atoms with E-state index in [2.05, 4.69) is 34.4 Å². The van der Waals surface area contributed by atoms with Gasteiger partial charge in [-0.15, -0.1) is 24.0 Å². The molecule has 0 amide bonds. The molecule has 132 valence electrons. The van der Waals surface area contributed by atoms with E-state index in [1.54, 1.807) is 14.2 Å². The Labute approximate surface area is 152 Å². The highest BCUT2D eigenvalue weighted by molar-refractivity contribution is 14.0. The summed E-state index contributed by atoms with van der Waals surface area (Å²) in [5, 5.41) is 6.61. The van der Waals surface area contributed by atoms with Crippen LogP contribution in [-0.2, 0) is 9.47 Å². The van der Waals surface area contributed by atoms with E-state index in [0.29, 0.717) is 5.92 Å². The lowest BCUT2D eigenvalue weighted by Crippen LogP contribution is -2.50. The van der Waals surface area contributed by atoms with Gasteiger partial charge in [0.15, 0.2) is 5.96 Å². The molecule has 0 aliphatic carbocycles. The SMILES string of the molecule is CN=C(NCCCOC)NCC1CN(CC(C)C)CCO1.I. The first-order valence-corrected chi connectivity index (χ1v) is 7.93. The second-order valence-electron chi connectivity index (χ2n) is 5.87. The van der Waals surface area contributed by atoms with Crippen LogP contribution in [0.4, 0.5) is 0 Å². The third-order valence-electron chi connectivity index (χ3n) is 3.38. The van der Waals surface area contributed by atoms with Crippen LogP contribution in [0.3, 0.4) is 0 Å². The molecule has 1 rings (SSSR count). The minimum absolute atomic E-state index is 0. The molecule has 0 aromatic rings. The molecule has 0 aromatic heterocycles. The van der Waals surface area contributed by atoms with Crippen LogP contribution < -0.4 is 10.6 Å². The summed E-state index contributed by atoms with van der Waals surface area (Å²) in [5.74, 6) is 1.53. The van der Waals surface area contributed by atoms with Crippen LogP contribution in [0.5, 0.6) is 0 Å². The van der Waals surface area contributed by atoms with Crippen LogP contribution in [0.15, 0.2) is 4.99 Å². The molecule has 0 aromatic carbocycles. The van der Waals surface area contributed by atoms with Crippen molar-refractivity contribution >= 4 is 29.9 Å². The molecule has 7 heteroatoms. The summed E-state index contributed by atoms with van der Waals surface area (Å²) in [7, 11) is 3.51. The largest absolute Gasteiger partial charge is 0.385 e. The number of hydrogen-bond donors (Lipinski definition) is 2. The van der Waals surface area contributed by atoms with Gasteiger partial charge in [-0.25, -0.2) is 0 Å². The molecule has 2 N–H and O–H groups in total. The second-order valence-corrected chi connectivity index (χ2v) is 5.87. The lowest BCUT2D eigenvalue weighted by atomic mass is 10.2. The van der Waals surface area contributed by atoms with Crippen molar-refractivity contribution in [1.29, 1.82) is 0 Å². The Hall–Kier alpha value is -0.120. The van der Waals surface area contributed by atoms with Gasteiger partial charge in [0.25, 0.3) is 0 Å². The number of aliphatic imine (C=N–C) groups is 1. The number of guanidine groups is 1. The van der Waals surface area contributed by atoms with Gasteiger partial charge in [0.05, 0.1) is 12.7 Å². The molecule has 1 fully saturated rings. The van der Waals surface area contributed by atoms with Gasteiger partial charge in [0.2, 0.25) is 0 Å². The normalized spacial score (nSPS) is 19.9. The summed E-state index contributed by atoms with van der Waals surface area (Å²) >= 11 is 0. The predicted octanol–water partition coefficient (Wildman–Crippen LogP) is 1.16. The quantitative estimate of drug-likeness (QED) is 0.263. The first-order valence-electron chi connectivity index (χ1n) is 7.93. The Balaban J connectivity index is 0.00000441. The van der Waals surface area contributed by atoms with Crippen molar-refractivity contribution in [3.05, 3.63) is 0 Å². The Morgan fingerprint density at radius 2 is 2.18 bits per heavy atom. The van der Waals surface area contributed by atoms with Gasteiger partial charge < -0.3 is 20.1 Å². The maximum absolute atomic E-state index is 5.82. The molecule has 1 saturated heterocycles. The van der Waals surface area contributed by atoms with Gasteiger partial charge in [-0.2, -0.15) is 0 Å². The second kappa shape index (κ2) is 13.3. The van der Waals surface area contributed by atoms with E-state index < -0.39 is 0 Å². The molecule has 1 aliphatic rings. The lowest BCUT2D eigenvalue weighted by molar-refractivity contribution is -0.0284. The smallest absolute Gasteiger partial charge is 0.191 e. The zero-order chi connectivity index (χ0) is 15.5. The van der Waals surface area contributed by atoms with Crippen molar-refractivity contribution in [3.63, 3.8) is 0 Å². The number of methoxy groups -OCH3 is 1. The summed E-state index contributed by atoms with van der Waals surface area (Å²) in [6.07, 6.45) is 1.20. The number of ether oxygens (including phenoxy) is 2. The molecule has 0 bridgehead atoms. The molecular weight excluding hydrogens is 395 g/mol. The van der Waals surface area contributed by atoms with E-state index >= 15 is 0 Å². The van der Waals surface area contributed by atoms with Crippen molar-refractivity contribution in [1.82, 2.24) is 15.5 Å². The molecule has 1 unspecified atom stereocenters. The summed E-state index contributed by atoms with van der Waals surface area (Å²) in [5.41, 5.74) is 0. The van der Waals surface area contributed by atoms with Gasteiger partial charge in [0, 0.05) is 53.5 Å². The van der Waals surface area contributed by atoms with Crippen molar-refractivity contribution in [3.8, 4) is 0 Å². The molecule has 1 atom stereocenters. The first kappa shape index (κ1) is 21.9. The maximum Gasteiger partial charge on any atom is 0.191 e. The number of halogens is 1. The minimum Gasteiger partial charge on any atom is -0.385 e. The Bertz CT molecular complexity index is 303. The van der Waals surface area contributed by atoms with Gasteiger partial charge in [0.1, 0.15) is 0 Å². The van der Waals surface area contributed by atoms with Crippen molar-refractivity contribution in [2.45, 2.75) is 26.4 Å². The predicted molar refractivity (Wildman–Crippen MR) is 102 cm³/mol. The fourth-order valence-electron chi connectivity index (χ4n) is 2.44. The lowest BCUT2D eigenvalue weighted by Gasteiger charge is -2.34. The van der Waals surface area contributed by atoms with Crippen molar-refractivity contribution in [2.24, 2.45) is 10.9 Å². The third-order valence-corrected chi connectivity index (χ3v) is 3.38. The monoisotopic (exact) mass is 428 g/mol. The van der Waals surface area contributed by atoms with Gasteiger partial charge in [-0.1, -0.05) is 13.8 Å². The van der Waals surface area contributed by atoms with Gasteiger partial charge in [-0.3, -0.25) is 9.89 Å². The standard InChI is InChI=1S/C15H32N4O2.HI/c1-13(2)11-19-7-9-21-14(12-19)10-18-15(16-3)17-6-5-8-20-4;/h13-14H,5-12H2,1-4H3,(H2,16,17,18);1H. The van der Waals surface area contributed by atoms with E-state index in [1.165, 1.54) is 0 Å². The van der Waals surface area contributed by atoms with Crippen LogP contribution in [0.25, 0.3) is 0 Å². The molecule has 6 nitrogen and oxygen atoms in total. The highest BCUT2D eigenvalue weighted by Crippen LogP contribution is 2.07. The van der Waals surface area contributed by atoms with Gasteiger partial charge in [-0.05, 0) is 12.3 Å². The average molecular weight is 428 g/mol. The molecule has 0 radical (unpaired) electrons. The van der Waals surface area contributed by atoms with E-state index in [0.717, 1.165) is 58.3 Å². The number of morpholine rings is 1. The van der Waals surface area contributed by atoms with Crippen LogP contribution in [0.2, 0.25) is 0 Å². The highest BCUT2D eigenvalue weighted by Gasteiger charge is 2.20. The molecule has 1 heterocycles. The van der Waals surface area contributed by atoms with E-state index in [9.17, 15) is 0 Å². The summed E-state index contributed by atoms with van der Waals surface area (Å²) in [4.78, 5) is 6.70. The summed E-state index contributed by atoms with van der Waals surface area (Å²) < 4.78 is 10.9. The number of nitrogens with zero attached hydrogens (tertiary/aromatic N) is 2. The zero-order valence-corrected chi connectivity index (χ0v) is 16.8. The van der Waals surface area contributed by atoms with Crippen LogP contribution in [0, 0.1) is 5.92 Å². The Morgan fingerprint density at radius 1 is 1.41 bits per heavy atom. The average Bonchev–Trinajstić information content (AvgIpc) is 2.46. The highest BCUT2D eigenvalue weighted by atomic mass is 127. The number of nitrogens with one attached hydrogen (secondary N) is 2. The van der Waals surface area contributed by atoms with Crippen LogP contribution in [-0.4, -0.2) is 77.1 Å². The minimum atomic E-state index is 0. The molecule has 0 spiro atoms. The Kier molecular flexibility index (Phi) is 13.3. The fourth-order valence-corrected chi connectivity index (χ4v) is 2.44. The van der Waals surface area contributed by atoms with Crippen molar-refractivity contribution < 1.29 is 9.47 Å². The third kappa shape index (κ3) is 9.81. The van der Waals surface area contributed by atoms with Crippen LogP contribution in [0.1, 0.15) is 20.3 Å². The summed E-state index contributed by atoms with van der Waals surface area (Å²) in [6, 6.07) is 0. The first-order chi connectivity index (χ1) is 10.2. The Morgan fingerprint density at radius 3 is 2.82 bits per heavy atom. The molecule has 0 saturated carbocycles. The molecule has 22 heavy (non-hydrogen) atoms. The van der Waals surface area contributed by atoms with Crippen LogP contribution >= 0.6 is 24.0 Å². The molecular formula is C15H33IN4O2. The zero-order valence-electron chi connectivity index (χ0n) is 14.4.